The lowest BCUT2D eigenvalue weighted by atomic mass is 9.84. The van der Waals surface area contributed by atoms with Crippen molar-refractivity contribution in [3.8, 4) is 0 Å². The Hall–Kier alpha value is -2.17. The molecule has 0 unspecified atom stereocenters. The fourth-order valence-electron chi connectivity index (χ4n) is 5.29. The minimum absolute atomic E-state index is 0.0612. The quantitative estimate of drug-likeness (QED) is 0.349. The summed E-state index contributed by atoms with van der Waals surface area (Å²) in [5.74, 6) is 1.32. The first-order valence-electron chi connectivity index (χ1n) is 11.1. The first kappa shape index (κ1) is 24.9. The lowest BCUT2D eigenvalue weighted by Gasteiger charge is -2.30. The number of amides is 1. The molecule has 4 rings (SSSR count). The number of halogens is 2. The van der Waals surface area contributed by atoms with Crippen LogP contribution in [-0.4, -0.2) is 31.8 Å². The summed E-state index contributed by atoms with van der Waals surface area (Å²) in [6, 6.07) is 9.69. The van der Waals surface area contributed by atoms with Gasteiger partial charge >= 0.3 is 0 Å². The smallest absolute Gasteiger partial charge is 0.289 e. The van der Waals surface area contributed by atoms with Crippen molar-refractivity contribution in [2.45, 2.75) is 43.5 Å². The maximum Gasteiger partial charge on any atom is 0.289 e. The predicted molar refractivity (Wildman–Crippen MR) is 133 cm³/mol. The third-order valence-electron chi connectivity index (χ3n) is 6.93. The summed E-state index contributed by atoms with van der Waals surface area (Å²) in [6.07, 6.45) is 4.74. The van der Waals surface area contributed by atoms with Gasteiger partial charge in [-0.3, -0.25) is 19.2 Å². The lowest BCUT2D eigenvalue weighted by molar-refractivity contribution is -0.384. The third-order valence-corrected chi connectivity index (χ3v) is 9.55. The molecule has 1 N–H and O–H groups in total. The molecule has 34 heavy (non-hydrogen) atoms. The van der Waals surface area contributed by atoms with E-state index in [1.807, 2.05) is 6.92 Å². The average molecular weight is 571 g/mol. The van der Waals surface area contributed by atoms with E-state index in [0.717, 1.165) is 27.2 Å². The molecule has 2 aliphatic carbocycles. The monoisotopic (exact) mass is 569 g/mol. The van der Waals surface area contributed by atoms with Gasteiger partial charge in [0.1, 0.15) is 11.6 Å². The topological polar surface area (TPSA) is 110 Å². The molecule has 2 aromatic rings. The van der Waals surface area contributed by atoms with E-state index in [9.17, 15) is 23.3 Å². The average Bonchev–Trinajstić information content (AvgIpc) is 3.42. The highest BCUT2D eigenvalue weighted by Crippen LogP contribution is 2.49. The molecule has 0 aromatic heterocycles. The number of hydrogen-bond acceptors (Lipinski definition) is 5. The number of rotatable bonds is 8. The Bertz CT molecular complexity index is 1210. The van der Waals surface area contributed by atoms with Gasteiger partial charge in [-0.25, -0.2) is 8.42 Å². The maximum absolute atomic E-state index is 13.6. The molecule has 0 radical (unpaired) electrons. The van der Waals surface area contributed by atoms with Crippen molar-refractivity contribution < 1.29 is 18.1 Å². The number of nitrogens with zero attached hydrogens (tertiary/aromatic N) is 2. The fourth-order valence-corrected chi connectivity index (χ4v) is 7.18. The molecule has 0 heterocycles. The molecule has 0 aliphatic heterocycles. The Morgan fingerprint density at radius 1 is 1.24 bits per heavy atom. The zero-order valence-corrected chi connectivity index (χ0v) is 21.6. The second-order valence-electron chi connectivity index (χ2n) is 9.05. The SMILES string of the molecule is C[C@H](NC(=O)CN(c1ccc(Br)cc1)S(=O)(=O)c1ccc(Cl)c([N+](=O)[O-])c1)[C@H]1C[C@H]2CC[C@H]1C2. The molecule has 2 bridgehead atoms. The van der Waals surface area contributed by atoms with Crippen LogP contribution in [0.4, 0.5) is 11.4 Å². The van der Waals surface area contributed by atoms with Crippen molar-refractivity contribution in [3.63, 3.8) is 0 Å². The summed E-state index contributed by atoms with van der Waals surface area (Å²) in [4.78, 5) is 23.3. The number of nitrogens with one attached hydrogen (secondary N) is 1. The molecule has 4 atom stereocenters. The summed E-state index contributed by atoms with van der Waals surface area (Å²) in [5.41, 5.74) is -0.253. The molecule has 2 saturated carbocycles. The van der Waals surface area contributed by atoms with Gasteiger partial charge in [0, 0.05) is 16.6 Å². The van der Waals surface area contributed by atoms with Gasteiger partial charge in [-0.2, -0.15) is 0 Å². The molecule has 2 aromatic carbocycles. The normalized spacial score (nSPS) is 22.4. The summed E-state index contributed by atoms with van der Waals surface area (Å²) >= 11 is 9.19. The van der Waals surface area contributed by atoms with Crippen molar-refractivity contribution in [3.05, 3.63) is 62.1 Å². The van der Waals surface area contributed by atoms with Crippen LogP contribution in [-0.2, 0) is 14.8 Å². The number of nitro groups is 1. The van der Waals surface area contributed by atoms with Crippen molar-refractivity contribution in [2.24, 2.45) is 17.8 Å². The summed E-state index contributed by atoms with van der Waals surface area (Å²) in [6.45, 7) is 1.52. The number of anilines is 1. The summed E-state index contributed by atoms with van der Waals surface area (Å²) in [5, 5.41) is 14.1. The van der Waals surface area contributed by atoms with Gasteiger partial charge in [0.25, 0.3) is 15.7 Å². The van der Waals surface area contributed by atoms with Crippen LogP contribution >= 0.6 is 27.5 Å². The first-order valence-corrected chi connectivity index (χ1v) is 13.7. The molecule has 1 amide bonds. The van der Waals surface area contributed by atoms with Crippen LogP contribution in [0.2, 0.25) is 5.02 Å². The highest BCUT2D eigenvalue weighted by molar-refractivity contribution is 9.10. The number of hydrogen-bond donors (Lipinski definition) is 1. The van der Waals surface area contributed by atoms with Crippen LogP contribution < -0.4 is 9.62 Å². The molecular formula is C23H25BrClN3O5S. The highest BCUT2D eigenvalue weighted by atomic mass is 79.9. The fraction of sp³-hybridized carbons (Fsp3) is 0.435. The molecule has 8 nitrogen and oxygen atoms in total. The number of sulfonamides is 1. The Labute approximate surface area is 212 Å². The third kappa shape index (κ3) is 5.08. The predicted octanol–water partition coefficient (Wildman–Crippen LogP) is 5.15. The zero-order chi connectivity index (χ0) is 24.6. The molecule has 0 spiro atoms. The number of benzene rings is 2. The highest BCUT2D eigenvalue weighted by Gasteiger charge is 2.42. The van der Waals surface area contributed by atoms with E-state index in [1.54, 1.807) is 24.3 Å². The van der Waals surface area contributed by atoms with Gasteiger partial charge in [-0.1, -0.05) is 34.0 Å². The molecule has 2 aliphatic rings. The lowest BCUT2D eigenvalue weighted by Crippen LogP contribution is -2.46. The van der Waals surface area contributed by atoms with Gasteiger partial charge in [-0.15, -0.1) is 0 Å². The molecular weight excluding hydrogens is 546 g/mol. The summed E-state index contributed by atoms with van der Waals surface area (Å²) in [7, 11) is -4.30. The number of carbonyl (C=O) groups is 1. The summed E-state index contributed by atoms with van der Waals surface area (Å²) < 4.78 is 28.8. The minimum Gasteiger partial charge on any atom is -0.352 e. The second-order valence-corrected chi connectivity index (χ2v) is 12.2. The standard InChI is InChI=1S/C23H25BrClN3O5S/c1-14(20-11-15-2-3-16(20)10-15)26-23(29)13-27(18-6-4-17(24)5-7-18)34(32,33)19-8-9-21(25)22(12-19)28(30)31/h4-9,12,14-16,20H,2-3,10-11,13H2,1H3,(H,26,29)/t14-,15-,16-,20+/m0/s1. The van der Waals surface area contributed by atoms with Gasteiger partial charge < -0.3 is 5.32 Å². The van der Waals surface area contributed by atoms with Gasteiger partial charge in [0.15, 0.2) is 0 Å². The number of fused-ring (bicyclic) bond motifs is 2. The number of nitro benzene ring substituents is 1. The van der Waals surface area contributed by atoms with Crippen LogP contribution in [0, 0.1) is 27.9 Å². The molecule has 2 fully saturated rings. The molecule has 182 valence electrons. The van der Waals surface area contributed by atoms with Crippen LogP contribution in [0.25, 0.3) is 0 Å². The minimum atomic E-state index is -4.30. The van der Waals surface area contributed by atoms with Crippen molar-refractivity contribution in [1.29, 1.82) is 0 Å². The largest absolute Gasteiger partial charge is 0.352 e. The number of carbonyl (C=O) groups excluding carboxylic acids is 1. The van der Waals surface area contributed by atoms with E-state index in [4.69, 9.17) is 11.6 Å². The van der Waals surface area contributed by atoms with Crippen molar-refractivity contribution in [1.82, 2.24) is 5.32 Å². The van der Waals surface area contributed by atoms with E-state index in [-0.39, 0.29) is 21.6 Å². The van der Waals surface area contributed by atoms with Gasteiger partial charge in [0.05, 0.1) is 15.5 Å². The first-order chi connectivity index (χ1) is 16.1. The van der Waals surface area contributed by atoms with E-state index in [0.29, 0.717) is 11.8 Å². The maximum atomic E-state index is 13.6. The van der Waals surface area contributed by atoms with E-state index >= 15 is 0 Å². The van der Waals surface area contributed by atoms with Crippen molar-refractivity contribution in [2.75, 3.05) is 10.8 Å². The Morgan fingerprint density at radius 2 is 1.94 bits per heavy atom. The van der Waals surface area contributed by atoms with Crippen LogP contribution in [0.15, 0.2) is 51.8 Å². The molecule has 0 saturated heterocycles. The van der Waals surface area contributed by atoms with E-state index in [1.165, 1.54) is 31.4 Å². The van der Waals surface area contributed by atoms with Gasteiger partial charge in [0.2, 0.25) is 5.91 Å². The van der Waals surface area contributed by atoms with Crippen LogP contribution in [0.1, 0.15) is 32.6 Å². The Kier molecular flexibility index (Phi) is 7.21. The van der Waals surface area contributed by atoms with Crippen molar-refractivity contribution >= 4 is 54.8 Å². The van der Waals surface area contributed by atoms with Crippen LogP contribution in [0.5, 0.6) is 0 Å². The van der Waals surface area contributed by atoms with E-state index < -0.39 is 33.1 Å². The van der Waals surface area contributed by atoms with E-state index in [2.05, 4.69) is 21.2 Å². The zero-order valence-electron chi connectivity index (χ0n) is 18.5. The van der Waals surface area contributed by atoms with Crippen LogP contribution in [0.3, 0.4) is 0 Å². The Morgan fingerprint density at radius 3 is 2.53 bits per heavy atom. The molecule has 11 heteroatoms. The Balaban J connectivity index is 1.60. The van der Waals surface area contributed by atoms with Gasteiger partial charge in [-0.05, 0) is 80.3 Å². The second kappa shape index (κ2) is 9.83.